The van der Waals surface area contributed by atoms with Gasteiger partial charge in [-0.25, -0.2) is 0 Å². The second-order valence-corrected chi connectivity index (χ2v) is 6.00. The Labute approximate surface area is 121 Å². The number of hydrogen-bond acceptors (Lipinski definition) is 1. The number of benzene rings is 2. The Balaban J connectivity index is 1.79. The molecule has 3 rings (SSSR count). The van der Waals surface area contributed by atoms with E-state index < -0.39 is 0 Å². The molecule has 1 heteroatoms. The maximum Gasteiger partial charge on any atom is 0.0820 e. The van der Waals surface area contributed by atoms with Crippen molar-refractivity contribution in [3.63, 3.8) is 0 Å². The van der Waals surface area contributed by atoms with Gasteiger partial charge in [0.25, 0.3) is 0 Å². The van der Waals surface area contributed by atoms with E-state index in [2.05, 4.69) is 55.5 Å². The van der Waals surface area contributed by atoms with Crippen LogP contribution in [-0.4, -0.2) is 5.11 Å². The van der Waals surface area contributed by atoms with Crippen LogP contribution in [0.3, 0.4) is 0 Å². The molecule has 1 N–H and O–H groups in total. The van der Waals surface area contributed by atoms with Crippen molar-refractivity contribution >= 4 is 0 Å². The van der Waals surface area contributed by atoms with E-state index in [-0.39, 0.29) is 6.10 Å². The van der Waals surface area contributed by atoms with Crippen LogP contribution in [0.4, 0.5) is 0 Å². The van der Waals surface area contributed by atoms with E-state index in [0.29, 0.717) is 11.8 Å². The molecule has 0 spiro atoms. The highest BCUT2D eigenvalue weighted by molar-refractivity contribution is 5.63. The molecule has 1 aliphatic rings. The molecule has 0 aromatic heterocycles. The molecule has 1 nitrogen and oxygen atoms in total. The predicted octanol–water partition coefficient (Wildman–Crippen LogP) is 4.82. The first-order valence-corrected chi connectivity index (χ1v) is 7.59. The van der Waals surface area contributed by atoms with E-state index in [9.17, 15) is 5.11 Å². The first-order chi connectivity index (χ1) is 9.75. The lowest BCUT2D eigenvalue weighted by Gasteiger charge is -2.22. The third-order valence-electron chi connectivity index (χ3n) is 4.69. The van der Waals surface area contributed by atoms with E-state index in [1.807, 2.05) is 6.07 Å². The van der Waals surface area contributed by atoms with Gasteiger partial charge in [-0.1, -0.05) is 74.4 Å². The molecule has 3 unspecified atom stereocenters. The van der Waals surface area contributed by atoms with Crippen LogP contribution in [0.15, 0.2) is 54.6 Å². The Morgan fingerprint density at radius 1 is 0.900 bits per heavy atom. The molecule has 0 saturated heterocycles. The molecule has 0 radical (unpaired) electrons. The summed E-state index contributed by atoms with van der Waals surface area (Å²) < 4.78 is 0. The van der Waals surface area contributed by atoms with Crippen LogP contribution < -0.4 is 0 Å². The molecular weight excluding hydrogens is 244 g/mol. The van der Waals surface area contributed by atoms with E-state index in [0.717, 1.165) is 12.0 Å². The van der Waals surface area contributed by atoms with Crippen LogP contribution in [0.2, 0.25) is 0 Å². The second-order valence-electron chi connectivity index (χ2n) is 6.00. The van der Waals surface area contributed by atoms with Gasteiger partial charge >= 0.3 is 0 Å². The first-order valence-electron chi connectivity index (χ1n) is 7.59. The summed E-state index contributed by atoms with van der Waals surface area (Å²) in [7, 11) is 0. The molecule has 0 amide bonds. The van der Waals surface area contributed by atoms with Gasteiger partial charge in [0.1, 0.15) is 0 Å². The average Bonchev–Trinajstić information content (AvgIpc) is 2.94. The Morgan fingerprint density at radius 2 is 1.55 bits per heavy atom. The number of rotatable bonds is 3. The molecule has 1 saturated carbocycles. The SMILES string of the molecule is CC1CCCC1C(O)c1ccc(-c2ccccc2)cc1. The fourth-order valence-electron chi connectivity index (χ4n) is 3.39. The lowest BCUT2D eigenvalue weighted by molar-refractivity contribution is 0.0901. The number of hydrogen-bond donors (Lipinski definition) is 1. The molecule has 1 fully saturated rings. The molecule has 20 heavy (non-hydrogen) atoms. The van der Waals surface area contributed by atoms with Crippen LogP contribution in [0.25, 0.3) is 11.1 Å². The Kier molecular flexibility index (Phi) is 3.88. The van der Waals surface area contributed by atoms with Crippen molar-refractivity contribution in [1.82, 2.24) is 0 Å². The average molecular weight is 266 g/mol. The summed E-state index contributed by atoms with van der Waals surface area (Å²) >= 11 is 0. The van der Waals surface area contributed by atoms with Crippen molar-refractivity contribution in [3.05, 3.63) is 60.2 Å². The highest BCUT2D eigenvalue weighted by Gasteiger charge is 2.30. The zero-order valence-electron chi connectivity index (χ0n) is 12.0. The maximum absolute atomic E-state index is 10.6. The van der Waals surface area contributed by atoms with Crippen LogP contribution in [0.5, 0.6) is 0 Å². The summed E-state index contributed by atoms with van der Waals surface area (Å²) in [4.78, 5) is 0. The minimum Gasteiger partial charge on any atom is -0.388 e. The molecule has 104 valence electrons. The summed E-state index contributed by atoms with van der Waals surface area (Å²) in [6.07, 6.45) is 3.36. The quantitative estimate of drug-likeness (QED) is 0.844. The minimum absolute atomic E-state index is 0.308. The highest BCUT2D eigenvalue weighted by Crippen LogP contribution is 2.40. The van der Waals surface area contributed by atoms with Crippen molar-refractivity contribution in [2.24, 2.45) is 11.8 Å². The van der Waals surface area contributed by atoms with E-state index in [4.69, 9.17) is 0 Å². The fraction of sp³-hybridized carbons (Fsp3) is 0.368. The summed E-state index contributed by atoms with van der Waals surface area (Å²) in [6.45, 7) is 2.26. The van der Waals surface area contributed by atoms with E-state index in [1.165, 1.54) is 24.0 Å². The van der Waals surface area contributed by atoms with Gasteiger partial charge in [0.2, 0.25) is 0 Å². The molecule has 0 bridgehead atoms. The van der Waals surface area contributed by atoms with Crippen molar-refractivity contribution in [1.29, 1.82) is 0 Å². The van der Waals surface area contributed by atoms with Crippen LogP contribution in [0.1, 0.15) is 37.9 Å². The van der Waals surface area contributed by atoms with Crippen molar-refractivity contribution < 1.29 is 5.11 Å². The normalized spacial score (nSPS) is 23.7. The molecule has 2 aromatic rings. The summed E-state index contributed by atoms with van der Waals surface area (Å²) in [5.74, 6) is 1.07. The molecule has 1 aliphatic carbocycles. The van der Waals surface area contributed by atoms with Crippen LogP contribution in [0, 0.1) is 11.8 Å². The summed E-state index contributed by atoms with van der Waals surface area (Å²) in [6, 6.07) is 18.8. The fourth-order valence-corrected chi connectivity index (χ4v) is 3.39. The molecule has 3 atom stereocenters. The van der Waals surface area contributed by atoms with Gasteiger partial charge in [0.15, 0.2) is 0 Å². The van der Waals surface area contributed by atoms with E-state index >= 15 is 0 Å². The van der Waals surface area contributed by atoms with Crippen LogP contribution in [-0.2, 0) is 0 Å². The lowest BCUT2D eigenvalue weighted by Crippen LogP contribution is -2.14. The molecule has 2 aromatic carbocycles. The zero-order valence-corrected chi connectivity index (χ0v) is 12.0. The van der Waals surface area contributed by atoms with Gasteiger partial charge in [0.05, 0.1) is 6.10 Å². The third-order valence-corrected chi connectivity index (χ3v) is 4.69. The summed E-state index contributed by atoms with van der Waals surface area (Å²) in [5, 5.41) is 10.6. The monoisotopic (exact) mass is 266 g/mol. The van der Waals surface area contributed by atoms with E-state index in [1.54, 1.807) is 0 Å². The standard InChI is InChI=1S/C19H22O/c1-14-6-5-9-18(14)19(20)17-12-10-16(11-13-17)15-7-3-2-4-8-15/h2-4,7-8,10-14,18-20H,5-6,9H2,1H3. The number of aliphatic hydroxyl groups excluding tert-OH is 1. The van der Waals surface area contributed by atoms with Gasteiger partial charge in [-0.2, -0.15) is 0 Å². The summed E-state index contributed by atoms with van der Waals surface area (Å²) in [5.41, 5.74) is 3.49. The maximum atomic E-state index is 10.6. The topological polar surface area (TPSA) is 20.2 Å². The van der Waals surface area contributed by atoms with Gasteiger partial charge in [-0.05, 0) is 34.9 Å². The van der Waals surface area contributed by atoms with Crippen molar-refractivity contribution in [3.8, 4) is 11.1 Å². The number of aliphatic hydroxyl groups is 1. The first kappa shape index (κ1) is 13.4. The predicted molar refractivity (Wildman–Crippen MR) is 83.3 cm³/mol. The zero-order chi connectivity index (χ0) is 13.9. The largest absolute Gasteiger partial charge is 0.388 e. The highest BCUT2D eigenvalue weighted by atomic mass is 16.3. The van der Waals surface area contributed by atoms with Gasteiger partial charge in [-0.15, -0.1) is 0 Å². The molecular formula is C19H22O. The molecule has 0 aliphatic heterocycles. The minimum atomic E-state index is -0.308. The lowest BCUT2D eigenvalue weighted by atomic mass is 9.87. The molecule has 0 heterocycles. The van der Waals surface area contributed by atoms with Crippen molar-refractivity contribution in [2.75, 3.05) is 0 Å². The van der Waals surface area contributed by atoms with Gasteiger partial charge < -0.3 is 5.11 Å². The van der Waals surface area contributed by atoms with Crippen LogP contribution >= 0.6 is 0 Å². The third kappa shape index (κ3) is 2.64. The smallest absolute Gasteiger partial charge is 0.0820 e. The van der Waals surface area contributed by atoms with Crippen molar-refractivity contribution in [2.45, 2.75) is 32.3 Å². The van der Waals surface area contributed by atoms with Gasteiger partial charge in [0, 0.05) is 0 Å². The second kappa shape index (κ2) is 5.80. The van der Waals surface area contributed by atoms with Gasteiger partial charge in [-0.3, -0.25) is 0 Å². The Bertz CT molecular complexity index is 544. The Hall–Kier alpha value is -1.60. The Morgan fingerprint density at radius 3 is 2.15 bits per heavy atom.